The van der Waals surface area contributed by atoms with Crippen LogP contribution in [0.5, 0.6) is 5.75 Å². The van der Waals surface area contributed by atoms with Crippen molar-refractivity contribution in [2.24, 2.45) is 7.05 Å². The Labute approximate surface area is 175 Å². The van der Waals surface area contributed by atoms with Crippen LogP contribution < -0.4 is 10.3 Å². The van der Waals surface area contributed by atoms with E-state index in [2.05, 4.69) is 10.2 Å². The lowest BCUT2D eigenvalue weighted by atomic mass is 9.85. The molecule has 0 unspecified atom stereocenters. The smallest absolute Gasteiger partial charge is 0.312 e. The minimum Gasteiger partial charge on any atom is -0.425 e. The zero-order valence-corrected chi connectivity index (χ0v) is 16.4. The maximum Gasteiger partial charge on any atom is 0.312 e. The first-order chi connectivity index (χ1) is 15.0. The highest BCUT2D eigenvalue weighted by atomic mass is 16.6. The van der Waals surface area contributed by atoms with E-state index in [0.717, 1.165) is 0 Å². The summed E-state index contributed by atoms with van der Waals surface area (Å²) in [5.41, 5.74) is 2.36. The molecule has 0 bridgehead atoms. The zero-order chi connectivity index (χ0) is 21.7. The van der Waals surface area contributed by atoms with Gasteiger partial charge in [-0.15, -0.1) is 0 Å². The van der Waals surface area contributed by atoms with Crippen molar-refractivity contribution in [3.63, 3.8) is 0 Å². The number of carbonyl (C=O) groups excluding carboxylic acids is 1. The number of nitrogens with zero attached hydrogens (tertiary/aromatic N) is 3. The molecule has 9 nitrogen and oxygen atoms in total. The number of para-hydroxylation sites is 1. The average molecular weight is 416 g/mol. The van der Waals surface area contributed by atoms with Crippen LogP contribution in [0.3, 0.4) is 0 Å². The Morgan fingerprint density at radius 1 is 1.19 bits per heavy atom. The molecule has 0 aliphatic carbocycles. The van der Waals surface area contributed by atoms with E-state index >= 15 is 0 Å². The van der Waals surface area contributed by atoms with Gasteiger partial charge >= 0.3 is 5.97 Å². The highest BCUT2D eigenvalue weighted by Gasteiger charge is 2.35. The van der Waals surface area contributed by atoms with Gasteiger partial charge in [0.2, 0.25) is 0 Å². The van der Waals surface area contributed by atoms with Crippen LogP contribution in [0.15, 0.2) is 59.5 Å². The van der Waals surface area contributed by atoms with E-state index in [1.54, 1.807) is 37.5 Å². The topological polar surface area (TPSA) is 120 Å². The van der Waals surface area contributed by atoms with Gasteiger partial charge in [0.15, 0.2) is 0 Å². The Balaban J connectivity index is 1.75. The van der Waals surface area contributed by atoms with Gasteiger partial charge in [0.25, 0.3) is 11.2 Å². The molecule has 1 aliphatic rings. The molecule has 0 spiro atoms. The standard InChI is InChI=1S/C22H16N4O5/c1-25-17-8-3-2-7-14(17)21-19(22(25)28)15(10-18(27)31-21)16-11-23-24-20(16)12-5-4-6-13(9-12)26(29)30/h2-9,11,15H,10H2,1H3,(H,23,24)/t15-/m0/s1. The van der Waals surface area contributed by atoms with E-state index in [1.807, 2.05) is 12.1 Å². The summed E-state index contributed by atoms with van der Waals surface area (Å²) >= 11 is 0. The molecule has 1 N–H and O–H groups in total. The molecule has 1 atom stereocenters. The number of nitro groups is 1. The van der Waals surface area contributed by atoms with Crippen molar-refractivity contribution in [2.45, 2.75) is 12.3 Å². The van der Waals surface area contributed by atoms with Crippen LogP contribution in [-0.4, -0.2) is 25.7 Å². The second-order valence-electron chi connectivity index (χ2n) is 7.36. The molecule has 154 valence electrons. The molecule has 0 radical (unpaired) electrons. The predicted octanol–water partition coefficient (Wildman–Crippen LogP) is 3.28. The van der Waals surface area contributed by atoms with Gasteiger partial charge in [-0.2, -0.15) is 5.10 Å². The van der Waals surface area contributed by atoms with Crippen molar-refractivity contribution >= 4 is 22.6 Å². The number of benzene rings is 2. The summed E-state index contributed by atoms with van der Waals surface area (Å²) < 4.78 is 7.07. The van der Waals surface area contributed by atoms with E-state index in [1.165, 1.54) is 16.7 Å². The molecule has 31 heavy (non-hydrogen) atoms. The van der Waals surface area contributed by atoms with Crippen molar-refractivity contribution in [1.82, 2.24) is 14.8 Å². The van der Waals surface area contributed by atoms with E-state index in [-0.39, 0.29) is 23.4 Å². The normalized spacial score (nSPS) is 15.5. The second-order valence-corrected chi connectivity index (χ2v) is 7.36. The molecule has 0 saturated heterocycles. The average Bonchev–Trinajstić information content (AvgIpc) is 3.27. The van der Waals surface area contributed by atoms with Crippen LogP contribution in [0.4, 0.5) is 5.69 Å². The van der Waals surface area contributed by atoms with Crippen molar-refractivity contribution in [3.05, 3.63) is 86.3 Å². The van der Waals surface area contributed by atoms with E-state index in [0.29, 0.717) is 33.3 Å². The minimum atomic E-state index is -0.604. The first kappa shape index (κ1) is 18.7. The fourth-order valence-corrected chi connectivity index (χ4v) is 4.16. The summed E-state index contributed by atoms with van der Waals surface area (Å²) in [6.07, 6.45) is 1.51. The monoisotopic (exact) mass is 416 g/mol. The number of aromatic nitrogens is 3. The third kappa shape index (κ3) is 2.90. The number of non-ortho nitro benzene ring substituents is 1. The molecule has 2 aromatic heterocycles. The number of rotatable bonds is 3. The number of ether oxygens (including phenoxy) is 1. The number of hydrogen-bond donors (Lipinski definition) is 1. The summed E-state index contributed by atoms with van der Waals surface area (Å²) in [6, 6.07) is 13.3. The Bertz CT molecular complexity index is 1440. The Kier molecular flexibility index (Phi) is 4.18. The SMILES string of the molecule is Cn1c(=O)c2c(c3ccccc31)OC(=O)C[C@H]2c1cn[nH]c1-c1cccc([N+](=O)[O-])c1. The number of H-pyrrole nitrogens is 1. The van der Waals surface area contributed by atoms with Crippen LogP contribution in [0.1, 0.15) is 23.5 Å². The van der Waals surface area contributed by atoms with Crippen LogP contribution >= 0.6 is 0 Å². The van der Waals surface area contributed by atoms with Gasteiger partial charge in [0, 0.05) is 41.6 Å². The lowest BCUT2D eigenvalue weighted by molar-refractivity contribution is -0.384. The van der Waals surface area contributed by atoms with Crippen molar-refractivity contribution in [2.75, 3.05) is 0 Å². The first-order valence-electron chi connectivity index (χ1n) is 9.56. The quantitative estimate of drug-likeness (QED) is 0.311. The fourth-order valence-electron chi connectivity index (χ4n) is 4.16. The number of carbonyl (C=O) groups is 1. The third-order valence-electron chi connectivity index (χ3n) is 5.61. The third-order valence-corrected chi connectivity index (χ3v) is 5.61. The Morgan fingerprint density at radius 3 is 2.81 bits per heavy atom. The molecule has 0 amide bonds. The number of aromatic amines is 1. The van der Waals surface area contributed by atoms with Crippen molar-refractivity contribution in [3.8, 4) is 17.0 Å². The molecule has 9 heteroatoms. The molecule has 4 aromatic rings. The van der Waals surface area contributed by atoms with Gasteiger partial charge in [-0.3, -0.25) is 24.8 Å². The highest BCUT2D eigenvalue weighted by molar-refractivity contribution is 5.92. The minimum absolute atomic E-state index is 0.0396. The summed E-state index contributed by atoms with van der Waals surface area (Å²) in [7, 11) is 1.68. The molecule has 5 rings (SSSR count). The van der Waals surface area contributed by atoms with E-state index in [4.69, 9.17) is 4.74 Å². The number of pyridine rings is 1. The van der Waals surface area contributed by atoms with Gasteiger partial charge in [-0.05, 0) is 12.1 Å². The van der Waals surface area contributed by atoms with Crippen molar-refractivity contribution < 1.29 is 14.5 Å². The first-order valence-corrected chi connectivity index (χ1v) is 9.56. The number of nitrogens with one attached hydrogen (secondary N) is 1. The lowest BCUT2D eigenvalue weighted by Gasteiger charge is -2.26. The highest BCUT2D eigenvalue weighted by Crippen LogP contribution is 2.43. The van der Waals surface area contributed by atoms with Gasteiger partial charge < -0.3 is 9.30 Å². The van der Waals surface area contributed by atoms with Crippen LogP contribution in [-0.2, 0) is 11.8 Å². The number of aryl methyl sites for hydroxylation is 1. The predicted molar refractivity (Wildman–Crippen MR) is 112 cm³/mol. The van der Waals surface area contributed by atoms with Gasteiger partial charge in [-0.25, -0.2) is 0 Å². The molecule has 1 aliphatic heterocycles. The molecule has 0 fully saturated rings. The van der Waals surface area contributed by atoms with Crippen LogP contribution in [0.25, 0.3) is 22.2 Å². The number of nitro benzene ring substituents is 1. The summed E-state index contributed by atoms with van der Waals surface area (Å²) in [4.78, 5) is 36.5. The zero-order valence-electron chi connectivity index (χ0n) is 16.4. The maximum atomic E-state index is 13.3. The largest absolute Gasteiger partial charge is 0.425 e. The summed E-state index contributed by atoms with van der Waals surface area (Å²) in [5.74, 6) is -0.805. The summed E-state index contributed by atoms with van der Waals surface area (Å²) in [6.45, 7) is 0. The fraction of sp³-hybridized carbons (Fsp3) is 0.136. The maximum absolute atomic E-state index is 13.3. The Morgan fingerprint density at radius 2 is 2.00 bits per heavy atom. The summed E-state index contributed by atoms with van der Waals surface area (Å²) in [5, 5.41) is 18.8. The van der Waals surface area contributed by atoms with E-state index < -0.39 is 16.8 Å². The molecule has 2 aromatic carbocycles. The number of esters is 1. The number of hydrogen-bond acceptors (Lipinski definition) is 6. The molecule has 3 heterocycles. The van der Waals surface area contributed by atoms with Gasteiger partial charge in [0.05, 0.1) is 34.3 Å². The molecule has 0 saturated carbocycles. The van der Waals surface area contributed by atoms with Gasteiger partial charge in [0.1, 0.15) is 5.75 Å². The van der Waals surface area contributed by atoms with Crippen LogP contribution in [0.2, 0.25) is 0 Å². The van der Waals surface area contributed by atoms with E-state index in [9.17, 15) is 19.7 Å². The van der Waals surface area contributed by atoms with Crippen LogP contribution in [0, 0.1) is 10.1 Å². The molecular formula is C22H16N4O5. The second kappa shape index (κ2) is 6.91. The lowest BCUT2D eigenvalue weighted by Crippen LogP contribution is -2.31. The molecular weight excluding hydrogens is 400 g/mol. The Hall–Kier alpha value is -4.27. The van der Waals surface area contributed by atoms with Gasteiger partial charge in [-0.1, -0.05) is 24.3 Å². The number of fused-ring (bicyclic) bond motifs is 3. The van der Waals surface area contributed by atoms with Crippen molar-refractivity contribution in [1.29, 1.82) is 0 Å².